The van der Waals surface area contributed by atoms with Crippen molar-refractivity contribution in [1.82, 2.24) is 19.6 Å². The van der Waals surface area contributed by atoms with E-state index in [9.17, 15) is 16.8 Å². The van der Waals surface area contributed by atoms with Crippen LogP contribution in [0.2, 0.25) is 10.0 Å². The Morgan fingerprint density at radius 1 is 0.453 bits per heavy atom. The molecule has 0 bridgehead atoms. The highest BCUT2D eigenvalue weighted by molar-refractivity contribution is 8.76. The van der Waals surface area contributed by atoms with Crippen molar-refractivity contribution in [3.05, 3.63) is 189 Å². The summed E-state index contributed by atoms with van der Waals surface area (Å²) >= 11 is 13.4. The Morgan fingerprint density at radius 2 is 0.719 bits per heavy atom. The minimum Gasteiger partial charge on any atom is -0.336 e. The van der Waals surface area contributed by atoms with Crippen LogP contribution in [0.25, 0.3) is 0 Å². The molecular formula is C48H46Cl2N6O4S4. The maximum absolute atomic E-state index is 14.7. The number of benzene rings is 6. The summed E-state index contributed by atoms with van der Waals surface area (Å²) in [7, 11) is -6.59. The number of halogens is 2. The van der Waals surface area contributed by atoms with Crippen molar-refractivity contribution >= 4 is 76.8 Å². The highest BCUT2D eigenvalue weighted by Gasteiger charge is 2.33. The average Bonchev–Trinajstić information content (AvgIpc) is 3.83. The van der Waals surface area contributed by atoms with Gasteiger partial charge in [-0.3, -0.25) is 0 Å². The Balaban J connectivity index is 1.13. The molecule has 0 N–H and O–H groups in total. The first-order chi connectivity index (χ1) is 30.8. The Hall–Kier alpha value is -4.96. The summed E-state index contributed by atoms with van der Waals surface area (Å²) in [4.78, 5) is 8.42. The van der Waals surface area contributed by atoms with Crippen LogP contribution in [0.3, 0.4) is 0 Å². The van der Waals surface area contributed by atoms with E-state index in [-0.39, 0.29) is 19.6 Å². The van der Waals surface area contributed by atoms with Gasteiger partial charge in [-0.15, -0.1) is 8.80 Å². The van der Waals surface area contributed by atoms with E-state index in [1.165, 1.54) is 12.1 Å². The summed E-state index contributed by atoms with van der Waals surface area (Å²) in [6.07, 6.45) is 0. The summed E-state index contributed by atoms with van der Waals surface area (Å²) in [5.74, 6) is 0.687. The lowest BCUT2D eigenvalue weighted by Crippen LogP contribution is -2.34. The molecule has 0 saturated carbocycles. The zero-order valence-corrected chi connectivity index (χ0v) is 40.0. The smallest absolute Gasteiger partial charge is 0.286 e. The van der Waals surface area contributed by atoms with Crippen molar-refractivity contribution in [3.8, 4) is 0 Å². The summed E-state index contributed by atoms with van der Waals surface area (Å²) in [6, 6.07) is 45.7. The molecule has 16 heteroatoms. The van der Waals surface area contributed by atoms with Gasteiger partial charge in [0.15, 0.2) is 0 Å². The number of guanidine groups is 2. The van der Waals surface area contributed by atoms with Gasteiger partial charge in [0, 0.05) is 72.2 Å². The van der Waals surface area contributed by atoms with Gasteiger partial charge in [0.05, 0.1) is 0 Å². The molecule has 6 aromatic carbocycles. The molecule has 0 radical (unpaired) electrons. The molecule has 6 aromatic rings. The second-order valence-electron chi connectivity index (χ2n) is 15.6. The topological polar surface area (TPSA) is 106 Å². The van der Waals surface area contributed by atoms with Gasteiger partial charge < -0.3 is 19.6 Å². The number of hydrogen-bond acceptors (Lipinski definition) is 6. The fourth-order valence-electron chi connectivity index (χ4n) is 7.54. The van der Waals surface area contributed by atoms with Crippen molar-refractivity contribution in [1.29, 1.82) is 0 Å². The molecule has 10 nitrogen and oxygen atoms in total. The molecule has 0 aliphatic carbocycles. The summed E-state index contributed by atoms with van der Waals surface area (Å²) in [6.45, 7) is 7.69. The summed E-state index contributed by atoms with van der Waals surface area (Å²) in [5, 5.41) is 0.706. The van der Waals surface area contributed by atoms with Crippen LogP contribution in [-0.2, 0) is 46.2 Å². The molecule has 2 saturated heterocycles. The third-order valence-corrected chi connectivity index (χ3v) is 17.0. The molecule has 0 spiro atoms. The van der Waals surface area contributed by atoms with Crippen molar-refractivity contribution in [2.75, 3.05) is 26.2 Å². The van der Waals surface area contributed by atoms with Crippen LogP contribution in [0.1, 0.15) is 33.4 Å². The molecule has 2 aliphatic rings. The lowest BCUT2D eigenvalue weighted by atomic mass is 10.2. The first-order valence-electron chi connectivity index (χ1n) is 20.6. The zero-order chi connectivity index (χ0) is 44.8. The third-order valence-electron chi connectivity index (χ3n) is 10.9. The van der Waals surface area contributed by atoms with Gasteiger partial charge in [-0.1, -0.05) is 166 Å². The van der Waals surface area contributed by atoms with Crippen LogP contribution in [0.4, 0.5) is 0 Å². The number of sulfonamides is 2. The Bertz CT molecular complexity index is 2590. The summed E-state index contributed by atoms with van der Waals surface area (Å²) < 4.78 is 67.8. The molecule has 0 amide bonds. The van der Waals surface area contributed by atoms with Gasteiger partial charge in [0.25, 0.3) is 20.0 Å². The minimum atomic E-state index is -4.37. The first-order valence-corrected chi connectivity index (χ1v) is 26.4. The van der Waals surface area contributed by atoms with E-state index in [4.69, 9.17) is 23.2 Å². The van der Waals surface area contributed by atoms with E-state index in [1.807, 2.05) is 141 Å². The lowest BCUT2D eigenvalue weighted by Gasteiger charge is -2.24. The van der Waals surface area contributed by atoms with Gasteiger partial charge >= 0.3 is 0 Å². The van der Waals surface area contributed by atoms with Crippen molar-refractivity contribution in [2.24, 2.45) is 8.80 Å². The fraction of sp³-hybridized carbons (Fsp3) is 0.208. The molecule has 64 heavy (non-hydrogen) atoms. The van der Waals surface area contributed by atoms with Crippen molar-refractivity contribution < 1.29 is 16.8 Å². The van der Waals surface area contributed by atoms with Crippen molar-refractivity contribution in [2.45, 2.75) is 59.6 Å². The van der Waals surface area contributed by atoms with Crippen LogP contribution in [0, 0.1) is 13.8 Å². The molecule has 0 unspecified atom stereocenters. The average molecular weight is 970 g/mol. The Morgan fingerprint density at radius 3 is 0.984 bits per heavy atom. The largest absolute Gasteiger partial charge is 0.336 e. The normalized spacial score (nSPS) is 14.4. The Kier molecular flexibility index (Phi) is 14.3. The predicted molar refractivity (Wildman–Crippen MR) is 261 cm³/mol. The maximum Gasteiger partial charge on any atom is 0.286 e. The molecule has 8 rings (SSSR count). The van der Waals surface area contributed by atoms with Crippen LogP contribution in [-0.4, -0.2) is 74.5 Å². The lowest BCUT2D eigenvalue weighted by molar-refractivity contribution is 0.456. The van der Waals surface area contributed by atoms with Gasteiger partial charge in [0.1, 0.15) is 9.79 Å². The van der Waals surface area contributed by atoms with Gasteiger partial charge in [0.2, 0.25) is 11.9 Å². The van der Waals surface area contributed by atoms with E-state index in [0.29, 0.717) is 85.4 Å². The number of rotatable bonds is 15. The second-order valence-corrected chi connectivity index (χ2v) is 21.8. The quantitative estimate of drug-likeness (QED) is 0.0924. The van der Waals surface area contributed by atoms with Gasteiger partial charge in [-0.25, -0.2) is 0 Å². The minimum absolute atomic E-state index is 0.0486. The number of hydrogen-bond donors (Lipinski definition) is 0. The maximum atomic E-state index is 14.7. The van der Waals surface area contributed by atoms with E-state index in [1.54, 1.807) is 26.0 Å². The van der Waals surface area contributed by atoms with Crippen LogP contribution in [0.5, 0.6) is 0 Å². The fourth-order valence-corrected chi connectivity index (χ4v) is 13.7. The predicted octanol–water partition coefficient (Wildman–Crippen LogP) is 10.5. The highest BCUT2D eigenvalue weighted by Crippen LogP contribution is 2.46. The van der Waals surface area contributed by atoms with E-state index < -0.39 is 20.0 Å². The molecular weight excluding hydrogens is 924 g/mol. The number of aryl methyl sites for hydroxylation is 2. The van der Waals surface area contributed by atoms with Crippen molar-refractivity contribution in [3.63, 3.8) is 0 Å². The third kappa shape index (κ3) is 10.9. The monoisotopic (exact) mass is 968 g/mol. The zero-order valence-electron chi connectivity index (χ0n) is 35.2. The molecule has 2 heterocycles. The molecule has 0 atom stereocenters. The first kappa shape index (κ1) is 45.6. The molecule has 330 valence electrons. The standard InChI is InChI=1S/C48H46Cl2N6O4S4/c1-35-27-45(63(57,58)51-47-53(31-37-15-7-3-8-16-37)23-24-54(47)32-38-17-9-4-10-18-38)43(29-41(35)49)61-62-44-30-42(50)36(2)28-46(44)64(59,60)52-48-55(33-39-19-11-5-12-20-39)25-26-56(48)34-40-21-13-6-14-22-40/h3-22,27-30H,23-26,31-34H2,1-2H3. The van der Waals surface area contributed by atoms with Crippen LogP contribution < -0.4 is 0 Å². The SMILES string of the molecule is Cc1cc(S(=O)(=O)N=C2N(Cc3ccccc3)CCN2Cc2ccccc2)c(SSc2cc(Cl)c(C)cc2S(=O)(=O)N=C2N(Cc3ccccc3)CCN2Cc2ccccc2)cc1Cl. The van der Waals surface area contributed by atoms with Crippen LogP contribution >= 0.6 is 44.8 Å². The van der Waals surface area contributed by atoms with Gasteiger partial charge in [-0.05, 0) is 71.5 Å². The molecule has 0 aromatic heterocycles. The molecule has 2 aliphatic heterocycles. The summed E-state index contributed by atoms with van der Waals surface area (Å²) in [5.41, 5.74) is 5.21. The Labute approximate surface area is 394 Å². The second kappa shape index (κ2) is 20.1. The highest BCUT2D eigenvalue weighted by atomic mass is 35.5. The van der Waals surface area contributed by atoms with Gasteiger partial charge in [-0.2, -0.15) is 16.8 Å². The van der Waals surface area contributed by atoms with E-state index >= 15 is 0 Å². The molecule has 2 fully saturated rings. The van der Waals surface area contributed by atoms with E-state index in [0.717, 1.165) is 43.8 Å². The van der Waals surface area contributed by atoms with Crippen LogP contribution in [0.15, 0.2) is 174 Å². The van der Waals surface area contributed by atoms with E-state index in [2.05, 4.69) is 8.80 Å². The number of nitrogens with zero attached hydrogens (tertiary/aromatic N) is 6.